The van der Waals surface area contributed by atoms with Crippen LogP contribution in [0.3, 0.4) is 0 Å². The van der Waals surface area contributed by atoms with Gasteiger partial charge in [0.25, 0.3) is 0 Å². The first-order valence-corrected chi connectivity index (χ1v) is 15.5. The number of methoxy groups -OCH3 is 1. The van der Waals surface area contributed by atoms with E-state index in [0.717, 1.165) is 24.1 Å². The van der Waals surface area contributed by atoms with Gasteiger partial charge in [0, 0.05) is 69.5 Å². The van der Waals surface area contributed by atoms with Crippen LogP contribution in [0.25, 0.3) is 16.8 Å². The van der Waals surface area contributed by atoms with Crippen LogP contribution >= 0.6 is 0 Å². The minimum Gasteiger partial charge on any atom is -0.453 e. The molecule has 1 aromatic carbocycles. The fourth-order valence-electron chi connectivity index (χ4n) is 6.68. The van der Waals surface area contributed by atoms with Crippen molar-refractivity contribution in [2.75, 3.05) is 45.4 Å². The number of nitrogens with zero attached hydrogens (tertiary/aromatic N) is 6. The predicted octanol–water partition coefficient (Wildman–Crippen LogP) is 4.21. The van der Waals surface area contributed by atoms with Crippen molar-refractivity contribution in [1.29, 1.82) is 0 Å². The second kappa shape index (κ2) is 13.7. The lowest BCUT2D eigenvalue weighted by Gasteiger charge is -2.45. The average molecular weight is 636 g/mol. The van der Waals surface area contributed by atoms with Crippen molar-refractivity contribution < 1.29 is 27.8 Å². The Morgan fingerprint density at radius 2 is 1.89 bits per heavy atom. The third-order valence-corrected chi connectivity index (χ3v) is 8.90. The van der Waals surface area contributed by atoms with Gasteiger partial charge in [-0.05, 0) is 54.7 Å². The third-order valence-electron chi connectivity index (χ3n) is 8.90. The van der Waals surface area contributed by atoms with Crippen LogP contribution in [0.15, 0.2) is 48.9 Å². The molecule has 11 nitrogen and oxygen atoms in total. The summed E-state index contributed by atoms with van der Waals surface area (Å²) < 4.78 is 48.5. The molecule has 6 rings (SSSR count). The van der Waals surface area contributed by atoms with Crippen LogP contribution < -0.4 is 10.6 Å². The summed E-state index contributed by atoms with van der Waals surface area (Å²) in [6.07, 6.45) is 6.68. The van der Waals surface area contributed by atoms with E-state index in [9.17, 15) is 4.79 Å². The van der Waals surface area contributed by atoms with E-state index in [1.54, 1.807) is 47.2 Å². The van der Waals surface area contributed by atoms with Gasteiger partial charge in [0.1, 0.15) is 17.5 Å². The maximum atomic E-state index is 15.4. The first-order valence-electron chi connectivity index (χ1n) is 15.5. The number of imidazole rings is 1. The number of halogens is 2. The molecule has 0 aliphatic carbocycles. The highest BCUT2D eigenvalue weighted by Gasteiger charge is 2.38. The first-order chi connectivity index (χ1) is 22.2. The number of anilines is 1. The van der Waals surface area contributed by atoms with Crippen LogP contribution in [0.1, 0.15) is 36.7 Å². The van der Waals surface area contributed by atoms with Gasteiger partial charge in [-0.2, -0.15) is 5.10 Å². The molecule has 244 valence electrons. The number of aromatic nitrogens is 4. The van der Waals surface area contributed by atoms with Crippen LogP contribution in [-0.4, -0.2) is 89.2 Å². The number of benzene rings is 1. The molecule has 0 bridgehead atoms. The lowest BCUT2D eigenvalue weighted by molar-refractivity contribution is -0.0391. The maximum Gasteiger partial charge on any atom is 0.409 e. The topological polar surface area (TPSA) is 120 Å². The fourth-order valence-corrected chi connectivity index (χ4v) is 6.68. The molecule has 4 aromatic rings. The molecule has 13 heteroatoms. The van der Waals surface area contributed by atoms with Gasteiger partial charge >= 0.3 is 6.09 Å². The molecule has 5 heterocycles. The molecule has 2 fully saturated rings. The Balaban J connectivity index is 1.22. The monoisotopic (exact) mass is 635 g/mol. The largest absolute Gasteiger partial charge is 0.453 e. The van der Waals surface area contributed by atoms with Gasteiger partial charge < -0.3 is 29.7 Å². The quantitative estimate of drug-likeness (QED) is 0.304. The third kappa shape index (κ3) is 6.53. The Morgan fingerprint density at radius 3 is 2.61 bits per heavy atom. The number of amides is 1. The second-order valence-electron chi connectivity index (χ2n) is 12.1. The van der Waals surface area contributed by atoms with Gasteiger partial charge in [-0.15, -0.1) is 0 Å². The smallest absolute Gasteiger partial charge is 0.409 e. The summed E-state index contributed by atoms with van der Waals surface area (Å²) in [6.45, 7) is 4.62. The van der Waals surface area contributed by atoms with E-state index in [0.29, 0.717) is 49.6 Å². The summed E-state index contributed by atoms with van der Waals surface area (Å²) >= 11 is 0. The van der Waals surface area contributed by atoms with E-state index in [-0.39, 0.29) is 42.0 Å². The SMILES string of the molecule is COC(=O)N(C)[C@@H]1[C@H](N)CN(c2ccncc2Cc2ncc3ccc(-c4c(F)cc(COC5CCOCC5)cc4F)nn23)C[C@@H]1C. The van der Waals surface area contributed by atoms with Crippen LogP contribution in [0.2, 0.25) is 0 Å². The number of likely N-dealkylation sites (N-methyl/N-ethyl adjacent to an activating group) is 1. The Kier molecular flexibility index (Phi) is 9.43. The standard InChI is InChI=1S/C33H39F2N7O4/c1-20-17-41(18-27(36)32(20)40(2)33(43)44-3)29-6-9-37-15-22(29)14-30-38-16-23-4-5-28(39-42(23)30)31-25(34)12-21(13-26(31)35)19-46-24-7-10-45-11-8-24/h4-6,9,12-13,15-16,20,24,27,32H,7-8,10-11,14,17-19,36H2,1-3H3/t20-,27+,32-/m0/s1. The van der Waals surface area contributed by atoms with Gasteiger partial charge in [0.2, 0.25) is 0 Å². The lowest BCUT2D eigenvalue weighted by Crippen LogP contribution is -2.62. The van der Waals surface area contributed by atoms with Crippen molar-refractivity contribution in [2.45, 2.75) is 51.0 Å². The molecule has 46 heavy (non-hydrogen) atoms. The Hall–Kier alpha value is -4.20. The van der Waals surface area contributed by atoms with Gasteiger partial charge in [0.05, 0.1) is 48.8 Å². The van der Waals surface area contributed by atoms with E-state index in [2.05, 4.69) is 26.9 Å². The average Bonchev–Trinajstić information content (AvgIpc) is 3.45. The first kappa shape index (κ1) is 31.8. The van der Waals surface area contributed by atoms with E-state index in [1.165, 1.54) is 19.2 Å². The van der Waals surface area contributed by atoms with Crippen LogP contribution in [-0.2, 0) is 27.2 Å². The summed E-state index contributed by atoms with van der Waals surface area (Å²) in [5, 5.41) is 4.62. The van der Waals surface area contributed by atoms with E-state index >= 15 is 8.78 Å². The molecule has 3 atom stereocenters. The van der Waals surface area contributed by atoms with Crippen molar-refractivity contribution in [3.63, 3.8) is 0 Å². The van der Waals surface area contributed by atoms with Crippen LogP contribution in [0.4, 0.5) is 19.3 Å². The molecule has 3 aromatic heterocycles. The van der Waals surface area contributed by atoms with Crippen molar-refractivity contribution in [2.24, 2.45) is 11.7 Å². The molecular weight excluding hydrogens is 596 g/mol. The highest BCUT2D eigenvalue weighted by atomic mass is 19.1. The van der Waals surface area contributed by atoms with Gasteiger partial charge in [-0.1, -0.05) is 6.92 Å². The Morgan fingerprint density at radius 1 is 1.13 bits per heavy atom. The van der Waals surface area contributed by atoms with E-state index in [1.807, 2.05) is 6.07 Å². The number of fused-ring (bicyclic) bond motifs is 1. The summed E-state index contributed by atoms with van der Waals surface area (Å²) in [5.41, 5.74) is 9.50. The van der Waals surface area contributed by atoms with Crippen molar-refractivity contribution in [3.05, 3.63) is 77.5 Å². The molecule has 2 saturated heterocycles. The number of hydrogen-bond acceptors (Lipinski definition) is 9. The molecule has 2 aliphatic heterocycles. The van der Waals surface area contributed by atoms with Crippen LogP contribution in [0, 0.1) is 17.6 Å². The lowest BCUT2D eigenvalue weighted by atomic mass is 9.88. The summed E-state index contributed by atoms with van der Waals surface area (Å²) in [5.74, 6) is -0.762. The molecule has 1 amide bonds. The van der Waals surface area contributed by atoms with Gasteiger partial charge in [-0.3, -0.25) is 4.98 Å². The summed E-state index contributed by atoms with van der Waals surface area (Å²) in [4.78, 5) is 24.9. The fraction of sp³-hybridized carbons (Fsp3) is 0.455. The van der Waals surface area contributed by atoms with Crippen LogP contribution in [0.5, 0.6) is 0 Å². The number of carbonyl (C=O) groups excluding carboxylic acids is 1. The summed E-state index contributed by atoms with van der Waals surface area (Å²) in [7, 11) is 3.07. The van der Waals surface area contributed by atoms with Crippen molar-refractivity contribution >= 4 is 17.3 Å². The normalized spacial score (nSPS) is 20.7. The highest BCUT2D eigenvalue weighted by Crippen LogP contribution is 2.31. The molecule has 2 aliphatic rings. The molecule has 0 unspecified atom stereocenters. The van der Waals surface area contributed by atoms with Crippen molar-refractivity contribution in [3.8, 4) is 11.3 Å². The van der Waals surface area contributed by atoms with E-state index < -0.39 is 17.7 Å². The zero-order chi connectivity index (χ0) is 32.4. The number of nitrogens with two attached hydrogens (primary N) is 1. The number of rotatable bonds is 8. The summed E-state index contributed by atoms with van der Waals surface area (Å²) in [6, 6.07) is 7.39. The highest BCUT2D eigenvalue weighted by molar-refractivity contribution is 5.68. The Bertz CT molecular complexity index is 1660. The van der Waals surface area contributed by atoms with Gasteiger partial charge in [0.15, 0.2) is 0 Å². The number of hydrogen-bond donors (Lipinski definition) is 1. The van der Waals surface area contributed by atoms with Gasteiger partial charge in [-0.25, -0.2) is 23.1 Å². The molecule has 0 radical (unpaired) electrons. The molecule has 0 spiro atoms. The molecular formula is C33H39F2N7O4. The molecule has 2 N–H and O–H groups in total. The second-order valence-corrected chi connectivity index (χ2v) is 12.1. The zero-order valence-electron chi connectivity index (χ0n) is 26.2. The van der Waals surface area contributed by atoms with E-state index in [4.69, 9.17) is 19.9 Å². The molecule has 0 saturated carbocycles. The minimum absolute atomic E-state index is 0.0175. The zero-order valence-corrected chi connectivity index (χ0v) is 26.2. The van der Waals surface area contributed by atoms with Crippen molar-refractivity contribution in [1.82, 2.24) is 24.5 Å². The maximum absolute atomic E-state index is 15.4. The minimum atomic E-state index is -0.708. The number of piperidine rings is 1. The number of ether oxygens (including phenoxy) is 3. The predicted molar refractivity (Wildman–Crippen MR) is 167 cm³/mol. The number of pyridine rings is 1. The number of carbonyl (C=O) groups is 1. The Labute approximate surface area is 266 Å².